The summed E-state index contributed by atoms with van der Waals surface area (Å²) >= 11 is 0. The lowest BCUT2D eigenvalue weighted by atomic mass is 9.81. The normalized spacial score (nSPS) is 12.6. The number of ether oxygens (including phenoxy) is 1. The second-order valence-corrected chi connectivity index (χ2v) is 14.7. The van der Waals surface area contributed by atoms with Gasteiger partial charge in [-0.3, -0.25) is 9.59 Å². The van der Waals surface area contributed by atoms with Crippen LogP contribution < -0.4 is 0 Å². The number of esters is 1. The Labute approximate surface area is 310 Å². The molecule has 50 heavy (non-hydrogen) atoms. The molecule has 0 radical (unpaired) electrons. The molecule has 0 saturated heterocycles. The quantitative estimate of drug-likeness (QED) is 0.0376. The molecule has 0 spiro atoms. The van der Waals surface area contributed by atoms with Gasteiger partial charge in [-0.05, 0) is 89.6 Å². The van der Waals surface area contributed by atoms with E-state index in [1.165, 1.54) is 57.8 Å². The molecule has 0 heterocycles. The van der Waals surface area contributed by atoms with E-state index < -0.39 is 5.97 Å². The molecule has 2 N–H and O–H groups in total. The first-order valence-corrected chi connectivity index (χ1v) is 21.5. The summed E-state index contributed by atoms with van der Waals surface area (Å²) in [5.74, 6) is -0.686. The summed E-state index contributed by atoms with van der Waals surface area (Å²) in [6.45, 7) is 10.1. The summed E-state index contributed by atoms with van der Waals surface area (Å²) in [6, 6.07) is 0. The van der Waals surface area contributed by atoms with Crippen LogP contribution in [0.2, 0.25) is 0 Å². The lowest BCUT2D eigenvalue weighted by Gasteiger charge is -2.24. The first-order chi connectivity index (χ1) is 24.5. The zero-order chi connectivity index (χ0) is 36.8. The Kier molecular flexibility index (Phi) is 37.3. The summed E-state index contributed by atoms with van der Waals surface area (Å²) in [6.07, 6.45) is 39.6. The van der Waals surface area contributed by atoms with Gasteiger partial charge in [0.05, 0.1) is 19.1 Å². The number of rotatable bonds is 39. The third-order valence-electron chi connectivity index (χ3n) is 10.1. The van der Waals surface area contributed by atoms with E-state index in [1.807, 2.05) is 0 Å². The van der Waals surface area contributed by atoms with E-state index in [-0.39, 0.29) is 24.4 Å². The van der Waals surface area contributed by atoms with Gasteiger partial charge in [-0.25, -0.2) is 0 Å². The van der Waals surface area contributed by atoms with Crippen LogP contribution >= 0.6 is 0 Å². The van der Waals surface area contributed by atoms with Gasteiger partial charge in [0.15, 0.2) is 0 Å². The number of carboxylic acids is 1. The molecule has 6 nitrogen and oxygen atoms in total. The number of allylic oxidation sites excluding steroid dienone is 4. The fraction of sp³-hybridized carbons (Fsp3) is 0.864. The Morgan fingerprint density at radius 2 is 1.04 bits per heavy atom. The van der Waals surface area contributed by atoms with Crippen molar-refractivity contribution >= 4 is 11.9 Å². The molecule has 0 aromatic carbocycles. The number of aliphatic hydroxyl groups is 1. The summed E-state index contributed by atoms with van der Waals surface area (Å²) in [5.41, 5.74) is 0. The highest BCUT2D eigenvalue weighted by Gasteiger charge is 2.26. The number of carbonyl (C=O) groups is 2. The fourth-order valence-electron chi connectivity index (χ4n) is 6.83. The van der Waals surface area contributed by atoms with Crippen molar-refractivity contribution in [1.29, 1.82) is 0 Å². The Balaban J connectivity index is 4.28. The summed E-state index contributed by atoms with van der Waals surface area (Å²) in [4.78, 5) is 26.8. The Hall–Kier alpha value is -1.66. The summed E-state index contributed by atoms with van der Waals surface area (Å²) in [7, 11) is 0. The molecule has 0 amide bonds. The van der Waals surface area contributed by atoms with Crippen LogP contribution in [0.25, 0.3) is 0 Å². The third-order valence-corrected chi connectivity index (χ3v) is 10.1. The maximum absolute atomic E-state index is 12.4. The second kappa shape index (κ2) is 38.6. The zero-order valence-corrected chi connectivity index (χ0v) is 33.4. The van der Waals surface area contributed by atoms with E-state index in [9.17, 15) is 19.8 Å². The van der Waals surface area contributed by atoms with Gasteiger partial charge < -0.3 is 19.8 Å². The van der Waals surface area contributed by atoms with Crippen LogP contribution in [0.4, 0.5) is 0 Å². The van der Waals surface area contributed by atoms with E-state index in [0.29, 0.717) is 19.6 Å². The van der Waals surface area contributed by atoms with Gasteiger partial charge in [0.1, 0.15) is 0 Å². The largest absolute Gasteiger partial charge is 0.481 e. The molecule has 0 aliphatic heterocycles. The molecular weight excluding hydrogens is 622 g/mol. The highest BCUT2D eigenvalue weighted by Crippen LogP contribution is 2.29. The van der Waals surface area contributed by atoms with Gasteiger partial charge in [0.2, 0.25) is 0 Å². The monoisotopic (exact) mass is 706 g/mol. The maximum atomic E-state index is 12.4. The average Bonchev–Trinajstić information content (AvgIpc) is 3.10. The van der Waals surface area contributed by atoms with E-state index >= 15 is 0 Å². The highest BCUT2D eigenvalue weighted by atomic mass is 16.5. The molecule has 0 aliphatic rings. The number of carbonyl (C=O) groups excluding carboxylic acids is 1. The molecule has 0 aliphatic carbocycles. The van der Waals surface area contributed by atoms with E-state index in [4.69, 9.17) is 4.74 Å². The first-order valence-electron chi connectivity index (χ1n) is 21.5. The number of hydrogen-bond donors (Lipinski definition) is 2. The number of hydrogen-bond acceptors (Lipinski definition) is 5. The predicted molar refractivity (Wildman–Crippen MR) is 214 cm³/mol. The number of aliphatic hydroxyl groups excluding tert-OH is 1. The van der Waals surface area contributed by atoms with Crippen LogP contribution in [0.1, 0.15) is 201 Å². The molecule has 0 bridgehead atoms. The molecular formula is C44H83NO5. The lowest BCUT2D eigenvalue weighted by molar-refractivity contribution is -0.145. The Bertz CT molecular complexity index is 775. The van der Waals surface area contributed by atoms with E-state index in [0.717, 1.165) is 129 Å². The van der Waals surface area contributed by atoms with Crippen molar-refractivity contribution in [2.24, 2.45) is 11.8 Å². The minimum absolute atomic E-state index is 0.0421. The van der Waals surface area contributed by atoms with Crippen molar-refractivity contribution in [2.45, 2.75) is 201 Å². The predicted octanol–water partition coefficient (Wildman–Crippen LogP) is 12.2. The molecule has 0 rings (SSSR count). The van der Waals surface area contributed by atoms with E-state index in [1.54, 1.807) is 0 Å². The lowest BCUT2D eigenvalue weighted by Crippen LogP contribution is -2.29. The molecule has 1 atom stereocenters. The van der Waals surface area contributed by atoms with Gasteiger partial charge in [-0.1, -0.05) is 148 Å². The Morgan fingerprint density at radius 3 is 1.58 bits per heavy atom. The van der Waals surface area contributed by atoms with Gasteiger partial charge in [-0.2, -0.15) is 0 Å². The summed E-state index contributed by atoms with van der Waals surface area (Å²) < 4.78 is 5.41. The first kappa shape index (κ1) is 48.3. The molecule has 1 unspecified atom stereocenters. The number of carboxylic acid groups (broad SMARTS) is 1. The van der Waals surface area contributed by atoms with Gasteiger partial charge in [0, 0.05) is 13.0 Å². The van der Waals surface area contributed by atoms with Crippen molar-refractivity contribution in [3.05, 3.63) is 24.3 Å². The third kappa shape index (κ3) is 32.3. The highest BCUT2D eigenvalue weighted by molar-refractivity contribution is 5.70. The van der Waals surface area contributed by atoms with Crippen molar-refractivity contribution in [1.82, 2.24) is 4.90 Å². The van der Waals surface area contributed by atoms with Crippen molar-refractivity contribution in [3.8, 4) is 0 Å². The zero-order valence-electron chi connectivity index (χ0n) is 33.4. The molecule has 0 saturated carbocycles. The number of aliphatic carboxylic acids is 1. The van der Waals surface area contributed by atoms with E-state index in [2.05, 4.69) is 50.0 Å². The molecule has 0 fully saturated rings. The minimum Gasteiger partial charge on any atom is -0.481 e. The topological polar surface area (TPSA) is 87.1 Å². The standard InChI is InChI=1S/C44H83NO5/c1-4-7-10-13-16-24-31-40-50-43(47)35-28-20-17-22-29-36-45(38-39-46)37-30-23-21-27-34-42(44(48)49)41(32-25-18-14-11-8-5-2)33-26-19-15-12-9-6-3/h14-15,18-19,41-42,46H,4-13,16-17,20-40H2,1-3H3,(H,48,49)/b18-14-,19-15-. The molecule has 294 valence electrons. The summed E-state index contributed by atoms with van der Waals surface area (Å²) in [5, 5.41) is 19.8. The molecule has 0 aromatic heterocycles. The average molecular weight is 706 g/mol. The van der Waals surface area contributed by atoms with Crippen molar-refractivity contribution < 1.29 is 24.5 Å². The number of unbranched alkanes of at least 4 members (excludes halogenated alkanes) is 17. The van der Waals surface area contributed by atoms with Crippen LogP contribution in [-0.2, 0) is 14.3 Å². The van der Waals surface area contributed by atoms with Crippen molar-refractivity contribution in [3.63, 3.8) is 0 Å². The SMILES string of the molecule is CCCC/C=C\CCC(CC/C=C\CCCC)C(CCCCCCN(CCO)CCCCCCCC(=O)OCCCCCCCCC)C(=O)O. The van der Waals surface area contributed by atoms with Gasteiger partial charge in [0.25, 0.3) is 0 Å². The van der Waals surface area contributed by atoms with Gasteiger partial charge in [-0.15, -0.1) is 0 Å². The smallest absolute Gasteiger partial charge is 0.306 e. The second-order valence-electron chi connectivity index (χ2n) is 14.7. The maximum Gasteiger partial charge on any atom is 0.306 e. The Morgan fingerprint density at radius 1 is 0.560 bits per heavy atom. The fourth-order valence-corrected chi connectivity index (χ4v) is 6.83. The van der Waals surface area contributed by atoms with Crippen molar-refractivity contribution in [2.75, 3.05) is 32.8 Å². The molecule has 0 aromatic rings. The van der Waals surface area contributed by atoms with Crippen LogP contribution in [0.3, 0.4) is 0 Å². The van der Waals surface area contributed by atoms with Crippen LogP contribution in [0.15, 0.2) is 24.3 Å². The molecule has 6 heteroatoms. The number of nitrogens with zero attached hydrogens (tertiary/aromatic N) is 1. The van der Waals surface area contributed by atoms with Crippen LogP contribution in [0.5, 0.6) is 0 Å². The van der Waals surface area contributed by atoms with Crippen LogP contribution in [0, 0.1) is 11.8 Å². The van der Waals surface area contributed by atoms with Gasteiger partial charge >= 0.3 is 11.9 Å². The van der Waals surface area contributed by atoms with Crippen LogP contribution in [-0.4, -0.2) is 59.9 Å². The minimum atomic E-state index is -0.618.